The lowest BCUT2D eigenvalue weighted by Gasteiger charge is -2.31. The second-order valence-electron chi connectivity index (χ2n) is 7.49. The van der Waals surface area contributed by atoms with Crippen LogP contribution in [0.3, 0.4) is 0 Å². The number of amides is 2. The number of benzene rings is 2. The summed E-state index contributed by atoms with van der Waals surface area (Å²) in [7, 11) is 2.99. The summed E-state index contributed by atoms with van der Waals surface area (Å²) in [5, 5.41) is 10.9. The Balaban J connectivity index is 2.02. The van der Waals surface area contributed by atoms with Gasteiger partial charge in [0.1, 0.15) is 30.4 Å². The van der Waals surface area contributed by atoms with E-state index in [0.29, 0.717) is 22.3 Å². The van der Waals surface area contributed by atoms with Crippen LogP contribution in [0.25, 0.3) is 11.0 Å². The van der Waals surface area contributed by atoms with E-state index in [0.717, 1.165) is 0 Å². The molecular weight excluding hydrogens is 454 g/mol. The van der Waals surface area contributed by atoms with Crippen LogP contribution >= 0.6 is 0 Å². The number of methoxy groups -OCH3 is 2. The molecule has 0 aliphatic rings. The number of nitrogens with one attached hydrogen (secondary N) is 1. The lowest BCUT2D eigenvalue weighted by molar-refractivity contribution is -0.153. The third-order valence-corrected chi connectivity index (χ3v) is 5.23. The van der Waals surface area contributed by atoms with Crippen LogP contribution in [0.1, 0.15) is 18.5 Å². The largest absolute Gasteiger partial charge is 0.496 e. The van der Waals surface area contributed by atoms with Gasteiger partial charge in [-0.2, -0.15) is 0 Å². The third kappa shape index (κ3) is 6.33. The number of fused-ring (bicyclic) bond motifs is 1. The highest BCUT2D eigenvalue weighted by Gasteiger charge is 2.35. The Morgan fingerprint density at radius 3 is 2.57 bits per heavy atom. The topological polar surface area (TPSA) is 125 Å². The molecule has 11 heteroatoms. The van der Waals surface area contributed by atoms with Crippen molar-refractivity contribution in [1.82, 2.24) is 25.2 Å². The van der Waals surface area contributed by atoms with E-state index >= 15 is 0 Å². The lowest BCUT2D eigenvalue weighted by Crippen LogP contribution is -2.48. The van der Waals surface area contributed by atoms with Gasteiger partial charge in [-0.25, -0.2) is 4.68 Å². The van der Waals surface area contributed by atoms with E-state index < -0.39 is 30.4 Å². The second-order valence-corrected chi connectivity index (χ2v) is 7.49. The van der Waals surface area contributed by atoms with E-state index in [4.69, 9.17) is 14.2 Å². The predicted octanol–water partition coefficient (Wildman–Crippen LogP) is 1.34. The van der Waals surface area contributed by atoms with Gasteiger partial charge in [-0.1, -0.05) is 35.5 Å². The quantitative estimate of drug-likeness (QED) is 0.302. The summed E-state index contributed by atoms with van der Waals surface area (Å²) in [4.78, 5) is 40.7. The molecule has 0 bridgehead atoms. The Morgan fingerprint density at radius 1 is 1.09 bits per heavy atom. The molecule has 1 aromatic heterocycles. The van der Waals surface area contributed by atoms with Gasteiger partial charge in [0, 0.05) is 19.2 Å². The summed E-state index contributed by atoms with van der Waals surface area (Å²) in [6.45, 7) is 1.61. The Morgan fingerprint density at radius 2 is 1.83 bits per heavy atom. The number of esters is 1. The fraction of sp³-hybridized carbons (Fsp3) is 0.375. The maximum atomic E-state index is 13.6. The van der Waals surface area contributed by atoms with Crippen LogP contribution in [0.5, 0.6) is 5.75 Å². The zero-order valence-corrected chi connectivity index (χ0v) is 20.0. The number of ether oxygens (including phenoxy) is 3. The normalized spacial score (nSPS) is 11.6. The van der Waals surface area contributed by atoms with Crippen LogP contribution < -0.4 is 10.1 Å². The van der Waals surface area contributed by atoms with E-state index in [1.54, 1.807) is 43.3 Å². The Bertz CT molecular complexity index is 1160. The molecule has 186 valence electrons. The number of para-hydroxylation sites is 2. The number of hydrogen-bond donors (Lipinski definition) is 1. The van der Waals surface area contributed by atoms with Crippen molar-refractivity contribution < 1.29 is 28.6 Å². The summed E-state index contributed by atoms with van der Waals surface area (Å²) >= 11 is 0. The van der Waals surface area contributed by atoms with E-state index in [1.165, 1.54) is 23.8 Å². The highest BCUT2D eigenvalue weighted by molar-refractivity contribution is 5.91. The summed E-state index contributed by atoms with van der Waals surface area (Å²) in [5.41, 5.74) is 1.69. The van der Waals surface area contributed by atoms with Crippen LogP contribution in [0, 0.1) is 0 Å². The minimum absolute atomic E-state index is 0.133. The fourth-order valence-electron chi connectivity index (χ4n) is 3.64. The van der Waals surface area contributed by atoms with Gasteiger partial charge in [0.05, 0.1) is 25.8 Å². The van der Waals surface area contributed by atoms with E-state index in [9.17, 15) is 14.4 Å². The molecule has 0 saturated carbocycles. The number of nitrogens with zero attached hydrogens (tertiary/aromatic N) is 4. The fourth-order valence-corrected chi connectivity index (χ4v) is 3.64. The second kappa shape index (κ2) is 12.5. The van der Waals surface area contributed by atoms with Crippen molar-refractivity contribution in [1.29, 1.82) is 0 Å². The molecule has 0 fully saturated rings. The highest BCUT2D eigenvalue weighted by atomic mass is 16.5. The van der Waals surface area contributed by atoms with Gasteiger partial charge in [0.25, 0.3) is 0 Å². The van der Waals surface area contributed by atoms with Crippen LogP contribution in [0.15, 0.2) is 48.5 Å². The van der Waals surface area contributed by atoms with Crippen molar-refractivity contribution in [2.24, 2.45) is 0 Å². The average Bonchev–Trinajstić information content (AvgIpc) is 3.27. The van der Waals surface area contributed by atoms with Gasteiger partial charge in [-0.3, -0.25) is 14.4 Å². The van der Waals surface area contributed by atoms with Crippen LogP contribution in [-0.4, -0.2) is 78.2 Å². The van der Waals surface area contributed by atoms with Gasteiger partial charge < -0.3 is 24.4 Å². The first-order valence-corrected chi connectivity index (χ1v) is 11.1. The molecule has 2 aromatic carbocycles. The molecule has 0 unspecified atom stereocenters. The molecular formula is C24H29N5O6. The summed E-state index contributed by atoms with van der Waals surface area (Å²) in [6, 6.07) is 12.9. The number of carbonyl (C=O) groups excluding carboxylic acids is 3. The van der Waals surface area contributed by atoms with E-state index in [-0.39, 0.29) is 26.3 Å². The molecule has 1 heterocycles. The highest BCUT2D eigenvalue weighted by Crippen LogP contribution is 2.30. The number of hydrogen-bond acceptors (Lipinski definition) is 8. The Hall–Kier alpha value is -3.99. The van der Waals surface area contributed by atoms with Crippen molar-refractivity contribution in [2.75, 3.05) is 40.5 Å². The standard InChI is InChI=1S/C24H29N5O6/c1-4-35-22(31)16-28(21(30)15-29-19-11-7-6-10-18(19)26-27-29)23(24(32)25-13-14-33-2)17-9-5-8-12-20(17)34-3/h5-12,23H,4,13-16H2,1-3H3,(H,25,32)/t23-/m0/s1. The zero-order chi connectivity index (χ0) is 25.2. The molecule has 3 rings (SSSR count). The first-order chi connectivity index (χ1) is 17.0. The molecule has 2 amide bonds. The minimum Gasteiger partial charge on any atom is -0.496 e. The van der Waals surface area contributed by atoms with Gasteiger partial charge >= 0.3 is 5.97 Å². The van der Waals surface area contributed by atoms with Crippen molar-refractivity contribution in [2.45, 2.75) is 19.5 Å². The van der Waals surface area contributed by atoms with Gasteiger partial charge in [-0.15, -0.1) is 5.10 Å². The number of rotatable bonds is 12. The predicted molar refractivity (Wildman–Crippen MR) is 126 cm³/mol. The van der Waals surface area contributed by atoms with Crippen molar-refractivity contribution in [3.05, 3.63) is 54.1 Å². The first-order valence-electron chi connectivity index (χ1n) is 11.1. The minimum atomic E-state index is -1.17. The summed E-state index contributed by atoms with van der Waals surface area (Å²) in [6.07, 6.45) is 0. The number of aromatic nitrogens is 3. The molecule has 0 spiro atoms. The summed E-state index contributed by atoms with van der Waals surface area (Å²) in [5.74, 6) is -1.26. The smallest absolute Gasteiger partial charge is 0.325 e. The first kappa shape index (κ1) is 25.6. The maximum Gasteiger partial charge on any atom is 0.325 e. The molecule has 0 saturated heterocycles. The molecule has 35 heavy (non-hydrogen) atoms. The van der Waals surface area contributed by atoms with Crippen molar-refractivity contribution in [3.8, 4) is 5.75 Å². The molecule has 11 nitrogen and oxygen atoms in total. The average molecular weight is 484 g/mol. The van der Waals surface area contributed by atoms with E-state index in [1.807, 2.05) is 12.1 Å². The Labute approximate surface area is 202 Å². The monoisotopic (exact) mass is 483 g/mol. The van der Waals surface area contributed by atoms with Crippen molar-refractivity contribution >= 4 is 28.8 Å². The molecule has 0 aliphatic heterocycles. The SMILES string of the molecule is CCOC(=O)CN(C(=O)Cn1nnc2ccccc21)[C@H](C(=O)NCCOC)c1ccccc1OC. The summed E-state index contributed by atoms with van der Waals surface area (Å²) < 4.78 is 17.0. The van der Waals surface area contributed by atoms with Crippen LogP contribution in [0.4, 0.5) is 0 Å². The number of carbonyl (C=O) groups is 3. The molecule has 1 N–H and O–H groups in total. The van der Waals surface area contributed by atoms with Crippen LogP contribution in [0.2, 0.25) is 0 Å². The lowest BCUT2D eigenvalue weighted by atomic mass is 10.0. The molecule has 0 radical (unpaired) electrons. The molecule has 0 aliphatic carbocycles. The van der Waals surface area contributed by atoms with Gasteiger partial charge in [0.15, 0.2) is 0 Å². The maximum absolute atomic E-state index is 13.6. The van der Waals surface area contributed by atoms with Crippen molar-refractivity contribution in [3.63, 3.8) is 0 Å². The van der Waals surface area contributed by atoms with Gasteiger partial charge in [-0.05, 0) is 25.1 Å². The molecule has 3 aromatic rings. The zero-order valence-electron chi connectivity index (χ0n) is 20.0. The van der Waals surface area contributed by atoms with Crippen LogP contribution in [-0.2, 0) is 30.4 Å². The third-order valence-electron chi connectivity index (χ3n) is 5.23. The van der Waals surface area contributed by atoms with Gasteiger partial charge in [0.2, 0.25) is 11.8 Å². The van der Waals surface area contributed by atoms with E-state index in [2.05, 4.69) is 15.6 Å². The Kier molecular flexibility index (Phi) is 9.13. The molecule has 1 atom stereocenters.